The molecule has 182 valence electrons. The highest BCUT2D eigenvalue weighted by molar-refractivity contribution is 6.65. The summed E-state index contributed by atoms with van der Waals surface area (Å²) in [6.45, 7) is 7.67. The minimum absolute atomic E-state index is 0.268. The quantitative estimate of drug-likeness (QED) is 0.241. The number of nitrogens with zero attached hydrogens (tertiary/aromatic N) is 1. The van der Waals surface area contributed by atoms with E-state index < -0.39 is 31.2 Å². The molecule has 1 aliphatic rings. The second-order valence-corrected chi connectivity index (χ2v) is 9.89. The summed E-state index contributed by atoms with van der Waals surface area (Å²) < 4.78 is 55.8. The molecule has 0 N–H and O–H groups in total. The molecule has 5 rings (SSSR count). The van der Waals surface area contributed by atoms with Gasteiger partial charge in [-0.05, 0) is 56.7 Å². The zero-order chi connectivity index (χ0) is 28.0. The number of halogens is 1. The molecule has 0 atom stereocenters. The number of hydrogen-bond acceptors (Lipinski definition) is 4. The Morgan fingerprint density at radius 2 is 1.44 bits per heavy atom. The van der Waals surface area contributed by atoms with Gasteiger partial charge in [-0.1, -0.05) is 66.7 Å². The van der Waals surface area contributed by atoms with Crippen LogP contribution in [0.4, 0.5) is 10.1 Å². The Balaban J connectivity index is 1.77. The lowest BCUT2D eigenvalue weighted by molar-refractivity contribution is 0.00578. The average Bonchev–Trinajstić information content (AvgIpc) is 3.10. The highest BCUT2D eigenvalue weighted by Crippen LogP contribution is 2.39. The van der Waals surface area contributed by atoms with Gasteiger partial charge in [0.1, 0.15) is 0 Å². The number of rotatable bonds is 5. The van der Waals surface area contributed by atoms with E-state index in [1.54, 1.807) is 18.2 Å². The summed E-state index contributed by atoms with van der Waals surface area (Å²) in [6.07, 6.45) is 0. The smallest absolute Gasteiger partial charge is 0.493 e. The van der Waals surface area contributed by atoms with Gasteiger partial charge in [0.2, 0.25) is 0 Å². The molecule has 36 heavy (non-hydrogen) atoms. The van der Waals surface area contributed by atoms with Gasteiger partial charge in [-0.25, -0.2) is 9.38 Å². The SMILES string of the molecule is [2H]C([2H])([2H])Oc1c(F)ccc2cc(N=C(c3ccccc3)c3ccccc3)cc(B3OC(C)(C)C(C)(C)O3)c12. The third-order valence-electron chi connectivity index (χ3n) is 6.98. The molecule has 0 aromatic heterocycles. The van der Waals surface area contributed by atoms with Crippen LogP contribution in [0.25, 0.3) is 10.8 Å². The predicted molar refractivity (Wildman–Crippen MR) is 144 cm³/mol. The van der Waals surface area contributed by atoms with Gasteiger partial charge in [0.05, 0.1) is 33.8 Å². The molecule has 4 nitrogen and oxygen atoms in total. The van der Waals surface area contributed by atoms with Crippen molar-refractivity contribution in [2.75, 3.05) is 7.04 Å². The van der Waals surface area contributed by atoms with Gasteiger partial charge in [0.15, 0.2) is 11.6 Å². The van der Waals surface area contributed by atoms with Gasteiger partial charge < -0.3 is 14.0 Å². The van der Waals surface area contributed by atoms with Crippen LogP contribution >= 0.6 is 0 Å². The van der Waals surface area contributed by atoms with Crippen LogP contribution < -0.4 is 10.2 Å². The zero-order valence-electron chi connectivity index (χ0n) is 23.7. The maximum Gasteiger partial charge on any atom is 0.495 e. The fraction of sp³-hybridized carbons (Fsp3) is 0.233. The second-order valence-electron chi connectivity index (χ2n) is 9.89. The lowest BCUT2D eigenvalue weighted by Gasteiger charge is -2.32. The molecule has 0 aliphatic carbocycles. The largest absolute Gasteiger partial charge is 0.495 e. The van der Waals surface area contributed by atoms with Crippen molar-refractivity contribution in [2.24, 2.45) is 4.99 Å². The van der Waals surface area contributed by atoms with Gasteiger partial charge in [-0.2, -0.15) is 0 Å². The van der Waals surface area contributed by atoms with Gasteiger partial charge in [-0.15, -0.1) is 0 Å². The van der Waals surface area contributed by atoms with Crippen molar-refractivity contribution >= 4 is 34.8 Å². The first-order valence-corrected chi connectivity index (χ1v) is 11.8. The Hall–Kier alpha value is -3.48. The van der Waals surface area contributed by atoms with Crippen molar-refractivity contribution in [2.45, 2.75) is 38.9 Å². The highest BCUT2D eigenvalue weighted by Gasteiger charge is 2.52. The topological polar surface area (TPSA) is 40.0 Å². The van der Waals surface area contributed by atoms with E-state index in [2.05, 4.69) is 0 Å². The van der Waals surface area contributed by atoms with Crippen molar-refractivity contribution in [3.63, 3.8) is 0 Å². The number of aliphatic imine (C=N–C) groups is 1. The summed E-state index contributed by atoms with van der Waals surface area (Å²) in [7, 11) is -3.77. The first kappa shape index (κ1) is 20.7. The van der Waals surface area contributed by atoms with Crippen LogP contribution in [0.3, 0.4) is 0 Å². The van der Waals surface area contributed by atoms with Crippen LogP contribution in [0.1, 0.15) is 42.9 Å². The van der Waals surface area contributed by atoms with E-state index in [9.17, 15) is 0 Å². The maximum absolute atomic E-state index is 15.1. The predicted octanol–water partition coefficient (Wildman–Crippen LogP) is 6.46. The van der Waals surface area contributed by atoms with E-state index in [4.69, 9.17) is 23.2 Å². The number of fused-ring (bicyclic) bond motifs is 1. The molecule has 0 radical (unpaired) electrons. The van der Waals surface area contributed by atoms with Gasteiger partial charge in [0.25, 0.3) is 0 Å². The van der Waals surface area contributed by atoms with E-state index in [0.29, 0.717) is 16.5 Å². The summed E-state index contributed by atoms with van der Waals surface area (Å²) in [5.41, 5.74) is 2.24. The molecule has 0 bridgehead atoms. The fourth-order valence-electron chi connectivity index (χ4n) is 4.36. The molecule has 4 aromatic rings. The van der Waals surface area contributed by atoms with Crippen molar-refractivity contribution in [1.82, 2.24) is 0 Å². The Morgan fingerprint density at radius 3 is 2.00 bits per heavy atom. The molecule has 1 fully saturated rings. The summed E-state index contributed by atoms with van der Waals surface area (Å²) >= 11 is 0. The summed E-state index contributed by atoms with van der Waals surface area (Å²) in [5, 5.41) is 0.812. The Kier molecular flexibility index (Phi) is 5.28. The minimum Gasteiger partial charge on any atom is -0.493 e. The lowest BCUT2D eigenvalue weighted by atomic mass is 9.75. The third-order valence-corrected chi connectivity index (χ3v) is 6.98. The molecule has 4 aromatic carbocycles. The van der Waals surface area contributed by atoms with Crippen molar-refractivity contribution in [1.29, 1.82) is 0 Å². The van der Waals surface area contributed by atoms with Crippen LogP contribution in [0, 0.1) is 5.82 Å². The minimum atomic E-state index is -2.85. The molecule has 0 unspecified atom stereocenters. The fourth-order valence-corrected chi connectivity index (χ4v) is 4.36. The van der Waals surface area contributed by atoms with Crippen LogP contribution in [0.2, 0.25) is 0 Å². The summed E-state index contributed by atoms with van der Waals surface area (Å²) in [5.74, 6) is -1.17. The van der Waals surface area contributed by atoms with E-state index in [-0.39, 0.29) is 11.1 Å². The third kappa shape index (κ3) is 4.32. The van der Waals surface area contributed by atoms with Gasteiger partial charge in [-0.3, -0.25) is 0 Å². The number of methoxy groups -OCH3 is 1. The van der Waals surface area contributed by atoms with Gasteiger partial charge >= 0.3 is 7.12 Å². The molecule has 1 saturated heterocycles. The number of hydrogen-bond donors (Lipinski definition) is 0. The average molecular weight is 484 g/mol. The van der Waals surface area contributed by atoms with E-state index >= 15 is 4.39 Å². The summed E-state index contributed by atoms with van der Waals surface area (Å²) in [4.78, 5) is 5.04. The first-order valence-electron chi connectivity index (χ1n) is 13.3. The standard InChI is InChI=1S/C30H29BFNO3/c1-29(2)30(3,4)36-31(35-29)24-19-23(18-22-16-17-25(32)28(34-5)26(22)24)33-27(20-12-8-6-9-13-20)21-14-10-7-11-15-21/h6-19H,1-5H3/i5D3. The molecule has 0 amide bonds. The van der Waals surface area contributed by atoms with Crippen molar-refractivity contribution in [3.8, 4) is 5.75 Å². The maximum atomic E-state index is 15.1. The molecular formula is C30H29BFNO3. The Labute approximate surface area is 216 Å². The molecule has 0 saturated carbocycles. The molecule has 6 heteroatoms. The Bertz CT molecular complexity index is 1480. The Morgan fingerprint density at radius 1 is 0.861 bits per heavy atom. The number of ether oxygens (including phenoxy) is 1. The van der Waals surface area contributed by atoms with Crippen LogP contribution in [0.5, 0.6) is 5.75 Å². The van der Waals surface area contributed by atoms with E-state index in [1.165, 1.54) is 6.07 Å². The molecule has 0 spiro atoms. The lowest BCUT2D eigenvalue weighted by Crippen LogP contribution is -2.41. The van der Waals surface area contributed by atoms with Crippen molar-refractivity contribution < 1.29 is 22.5 Å². The molecular weight excluding hydrogens is 452 g/mol. The van der Waals surface area contributed by atoms with Gasteiger partial charge in [0, 0.05) is 16.5 Å². The van der Waals surface area contributed by atoms with E-state index in [0.717, 1.165) is 16.8 Å². The van der Waals surface area contributed by atoms with Crippen molar-refractivity contribution in [3.05, 3.63) is 102 Å². The monoisotopic (exact) mass is 484 g/mol. The highest BCUT2D eigenvalue weighted by atomic mass is 19.1. The number of benzene rings is 4. The summed E-state index contributed by atoms with van der Waals surface area (Å²) in [6, 6.07) is 25.9. The normalized spacial score (nSPS) is 17.8. The molecule has 1 heterocycles. The van der Waals surface area contributed by atoms with Crippen LogP contribution in [-0.2, 0) is 9.31 Å². The first-order chi connectivity index (χ1) is 18.3. The van der Waals surface area contributed by atoms with E-state index in [1.807, 2.05) is 88.4 Å². The van der Waals surface area contributed by atoms with Crippen LogP contribution in [0.15, 0.2) is 89.9 Å². The second kappa shape index (κ2) is 9.19. The zero-order valence-corrected chi connectivity index (χ0v) is 20.7. The van der Waals surface area contributed by atoms with Crippen LogP contribution in [-0.4, -0.2) is 31.1 Å². The molecule has 1 aliphatic heterocycles.